The fourth-order valence-electron chi connectivity index (χ4n) is 4.50. The third-order valence-electron chi connectivity index (χ3n) is 6.30. The number of likely N-dealkylation sites (tertiary alicyclic amines) is 1. The van der Waals surface area contributed by atoms with Crippen molar-refractivity contribution in [2.75, 3.05) is 13.2 Å². The lowest BCUT2D eigenvalue weighted by atomic mass is 9.94. The van der Waals surface area contributed by atoms with Gasteiger partial charge >= 0.3 is 5.97 Å². The zero-order valence-electron chi connectivity index (χ0n) is 21.8. The molecule has 0 saturated carbocycles. The smallest absolute Gasteiger partial charge is 0.338 e. The Kier molecular flexibility index (Phi) is 8.26. The molecule has 3 aromatic rings. The lowest BCUT2D eigenvalue weighted by molar-refractivity contribution is -0.140. The molecule has 1 unspecified atom stereocenters. The molecular weight excluding hydrogens is 482 g/mol. The summed E-state index contributed by atoms with van der Waals surface area (Å²) in [6, 6.07) is 20.3. The van der Waals surface area contributed by atoms with Crippen molar-refractivity contribution < 1.29 is 29.0 Å². The number of carbonyl (C=O) groups is 3. The van der Waals surface area contributed by atoms with Crippen LogP contribution in [-0.2, 0) is 20.9 Å². The van der Waals surface area contributed by atoms with Gasteiger partial charge in [-0.3, -0.25) is 9.59 Å². The molecule has 1 saturated heterocycles. The molecule has 4 rings (SSSR count). The van der Waals surface area contributed by atoms with E-state index in [1.807, 2.05) is 38.1 Å². The second-order valence-corrected chi connectivity index (χ2v) is 9.13. The molecule has 7 nitrogen and oxygen atoms in total. The van der Waals surface area contributed by atoms with Crippen LogP contribution in [0.4, 0.5) is 0 Å². The Bertz CT molecular complexity index is 1380. The topological polar surface area (TPSA) is 93.1 Å². The lowest BCUT2D eigenvalue weighted by Crippen LogP contribution is -2.29. The molecule has 1 fully saturated rings. The van der Waals surface area contributed by atoms with Gasteiger partial charge in [0.15, 0.2) is 0 Å². The van der Waals surface area contributed by atoms with Gasteiger partial charge in [-0.05, 0) is 55.7 Å². The van der Waals surface area contributed by atoms with Crippen LogP contribution in [-0.4, -0.2) is 40.9 Å². The Morgan fingerprint density at radius 2 is 1.68 bits per heavy atom. The van der Waals surface area contributed by atoms with E-state index in [1.165, 1.54) is 4.90 Å². The molecule has 1 heterocycles. The minimum absolute atomic E-state index is 0.0244. The first-order valence-corrected chi connectivity index (χ1v) is 12.7. The number of benzene rings is 3. The number of aliphatic hydroxyl groups is 1. The van der Waals surface area contributed by atoms with Gasteiger partial charge in [-0.1, -0.05) is 61.0 Å². The van der Waals surface area contributed by atoms with Crippen LogP contribution in [0.1, 0.15) is 58.9 Å². The summed E-state index contributed by atoms with van der Waals surface area (Å²) in [6.45, 7) is 6.57. The molecule has 1 amide bonds. The van der Waals surface area contributed by atoms with Crippen molar-refractivity contribution in [3.8, 4) is 5.75 Å². The summed E-state index contributed by atoms with van der Waals surface area (Å²) < 4.78 is 10.7. The van der Waals surface area contributed by atoms with Crippen LogP contribution in [0.25, 0.3) is 5.76 Å². The van der Waals surface area contributed by atoms with E-state index in [0.29, 0.717) is 29.0 Å². The fraction of sp³-hybridized carbons (Fsp3) is 0.258. The zero-order chi connectivity index (χ0) is 27.2. The van der Waals surface area contributed by atoms with Crippen molar-refractivity contribution in [1.82, 2.24) is 4.90 Å². The van der Waals surface area contributed by atoms with E-state index >= 15 is 0 Å². The van der Waals surface area contributed by atoms with Crippen LogP contribution in [0.3, 0.4) is 0 Å². The molecule has 1 aliphatic rings. The Labute approximate surface area is 222 Å². The number of aliphatic hydroxyl groups excluding tert-OH is 1. The number of amides is 1. The summed E-state index contributed by atoms with van der Waals surface area (Å²) in [4.78, 5) is 40.2. The number of aryl methyl sites for hydroxylation is 1. The third kappa shape index (κ3) is 5.62. The molecule has 7 heteroatoms. The first-order chi connectivity index (χ1) is 18.3. The predicted molar refractivity (Wildman–Crippen MR) is 144 cm³/mol. The Morgan fingerprint density at radius 3 is 2.37 bits per heavy atom. The number of Topliss-reactive ketones (excluding diaryl/α,β-unsaturated/α-hetero) is 1. The second kappa shape index (κ2) is 11.8. The fourth-order valence-corrected chi connectivity index (χ4v) is 4.50. The highest BCUT2D eigenvalue weighted by atomic mass is 16.5. The zero-order valence-corrected chi connectivity index (χ0v) is 21.8. The molecule has 0 aromatic heterocycles. The van der Waals surface area contributed by atoms with Crippen LogP contribution in [0.5, 0.6) is 5.75 Å². The molecule has 3 aromatic carbocycles. The van der Waals surface area contributed by atoms with E-state index in [1.54, 1.807) is 55.5 Å². The number of hydrogen-bond acceptors (Lipinski definition) is 6. The molecule has 0 radical (unpaired) electrons. The van der Waals surface area contributed by atoms with Gasteiger partial charge in [-0.25, -0.2) is 4.79 Å². The molecular formula is C31H31NO6. The molecule has 196 valence electrons. The van der Waals surface area contributed by atoms with Gasteiger partial charge in [0, 0.05) is 12.1 Å². The minimum atomic E-state index is -0.792. The summed E-state index contributed by atoms with van der Waals surface area (Å²) >= 11 is 0. The number of hydrogen-bond donors (Lipinski definition) is 1. The maximum absolute atomic E-state index is 13.4. The standard InChI is InChI=1S/C31H31NO6/c1-4-16-38-25-11-7-10-24(18-25)28(33)26-27(23-9-6-8-20(3)17-23)32(30(35)29(26)34)19-21-12-14-22(15-13-21)31(36)37-5-2/h6-15,17-18,27,33H,4-5,16,19H2,1-3H3/b28-26+. The molecule has 1 aliphatic heterocycles. The molecule has 38 heavy (non-hydrogen) atoms. The summed E-state index contributed by atoms with van der Waals surface area (Å²) in [7, 11) is 0. The molecule has 0 aliphatic carbocycles. The number of ether oxygens (including phenoxy) is 2. The number of ketones is 1. The highest BCUT2D eigenvalue weighted by Gasteiger charge is 2.46. The first kappa shape index (κ1) is 26.7. The second-order valence-electron chi connectivity index (χ2n) is 9.13. The number of rotatable bonds is 9. The van der Waals surface area contributed by atoms with Crippen molar-refractivity contribution in [2.24, 2.45) is 0 Å². The molecule has 0 spiro atoms. The third-order valence-corrected chi connectivity index (χ3v) is 6.30. The normalized spacial score (nSPS) is 16.5. The van der Waals surface area contributed by atoms with Crippen molar-refractivity contribution >= 4 is 23.4 Å². The van der Waals surface area contributed by atoms with Gasteiger partial charge in [0.25, 0.3) is 11.7 Å². The SMILES string of the molecule is CCCOc1cccc(/C(O)=C2\C(=O)C(=O)N(Cc3ccc(C(=O)OCC)cc3)C2c2cccc(C)c2)c1. The van der Waals surface area contributed by atoms with E-state index < -0.39 is 23.7 Å². The maximum atomic E-state index is 13.4. The highest BCUT2D eigenvalue weighted by molar-refractivity contribution is 6.46. The van der Waals surface area contributed by atoms with Crippen molar-refractivity contribution in [2.45, 2.75) is 39.8 Å². The maximum Gasteiger partial charge on any atom is 0.338 e. The summed E-state index contributed by atoms with van der Waals surface area (Å²) in [5.74, 6) is -1.57. The Hall–Kier alpha value is -4.39. The number of esters is 1. The van der Waals surface area contributed by atoms with Crippen LogP contribution >= 0.6 is 0 Å². The molecule has 1 atom stereocenters. The summed E-state index contributed by atoms with van der Waals surface area (Å²) in [6.07, 6.45) is 0.829. The monoisotopic (exact) mass is 513 g/mol. The highest BCUT2D eigenvalue weighted by Crippen LogP contribution is 2.40. The van der Waals surface area contributed by atoms with Crippen LogP contribution in [0.15, 0.2) is 78.4 Å². The van der Waals surface area contributed by atoms with Crippen molar-refractivity contribution in [3.05, 3.63) is 106 Å². The quantitative estimate of drug-likeness (QED) is 0.174. The van der Waals surface area contributed by atoms with E-state index in [2.05, 4.69) is 0 Å². The molecule has 0 bridgehead atoms. The van der Waals surface area contributed by atoms with Gasteiger partial charge in [-0.15, -0.1) is 0 Å². The van der Waals surface area contributed by atoms with Gasteiger partial charge in [-0.2, -0.15) is 0 Å². The van der Waals surface area contributed by atoms with E-state index in [9.17, 15) is 19.5 Å². The largest absolute Gasteiger partial charge is 0.507 e. The van der Waals surface area contributed by atoms with Crippen LogP contribution in [0, 0.1) is 6.92 Å². The summed E-state index contributed by atoms with van der Waals surface area (Å²) in [5, 5.41) is 11.4. The average Bonchev–Trinajstić information content (AvgIpc) is 3.17. The first-order valence-electron chi connectivity index (χ1n) is 12.7. The Balaban J connectivity index is 1.75. The van der Waals surface area contributed by atoms with E-state index in [-0.39, 0.29) is 24.5 Å². The molecule has 1 N–H and O–H groups in total. The van der Waals surface area contributed by atoms with E-state index in [0.717, 1.165) is 17.5 Å². The van der Waals surface area contributed by atoms with Gasteiger partial charge in [0.1, 0.15) is 11.5 Å². The van der Waals surface area contributed by atoms with Gasteiger partial charge < -0.3 is 19.5 Å². The Morgan fingerprint density at radius 1 is 0.947 bits per heavy atom. The van der Waals surface area contributed by atoms with Gasteiger partial charge in [0.05, 0.1) is 30.4 Å². The van der Waals surface area contributed by atoms with Crippen molar-refractivity contribution in [3.63, 3.8) is 0 Å². The van der Waals surface area contributed by atoms with Crippen LogP contribution < -0.4 is 4.74 Å². The minimum Gasteiger partial charge on any atom is -0.507 e. The van der Waals surface area contributed by atoms with E-state index in [4.69, 9.17) is 9.47 Å². The summed E-state index contributed by atoms with van der Waals surface area (Å²) in [5.41, 5.74) is 3.23. The van der Waals surface area contributed by atoms with Crippen LogP contribution in [0.2, 0.25) is 0 Å². The van der Waals surface area contributed by atoms with Gasteiger partial charge in [0.2, 0.25) is 0 Å². The van der Waals surface area contributed by atoms with Crippen molar-refractivity contribution in [1.29, 1.82) is 0 Å². The number of carbonyl (C=O) groups excluding carboxylic acids is 3. The number of nitrogens with zero attached hydrogens (tertiary/aromatic N) is 1. The average molecular weight is 514 g/mol. The lowest BCUT2D eigenvalue weighted by Gasteiger charge is -2.26. The predicted octanol–water partition coefficient (Wildman–Crippen LogP) is 5.58.